The topological polar surface area (TPSA) is 63.0 Å². The third-order valence-corrected chi connectivity index (χ3v) is 4.32. The summed E-state index contributed by atoms with van der Waals surface area (Å²) in [7, 11) is 4.13. The molecule has 23 heavy (non-hydrogen) atoms. The van der Waals surface area contributed by atoms with E-state index in [0.717, 1.165) is 35.4 Å². The van der Waals surface area contributed by atoms with Gasteiger partial charge < -0.3 is 18.5 Å². The van der Waals surface area contributed by atoms with Crippen LogP contribution in [0.4, 0.5) is 0 Å². The van der Waals surface area contributed by atoms with Gasteiger partial charge in [0.2, 0.25) is 0 Å². The first-order valence-corrected chi connectivity index (χ1v) is 7.75. The molecule has 0 saturated heterocycles. The van der Waals surface area contributed by atoms with Crippen LogP contribution >= 0.6 is 0 Å². The summed E-state index contributed by atoms with van der Waals surface area (Å²) in [4.78, 5) is 6.78. The Balaban J connectivity index is 2.07. The van der Waals surface area contributed by atoms with Gasteiger partial charge in [-0.25, -0.2) is 4.98 Å². The first kappa shape index (κ1) is 15.6. The number of hydrogen-bond acceptors (Lipinski definition) is 4. The highest BCUT2D eigenvalue weighted by Crippen LogP contribution is 2.20. The maximum absolute atomic E-state index is 8.57. The van der Waals surface area contributed by atoms with Crippen LogP contribution in [0.5, 0.6) is 0 Å². The molecule has 0 aliphatic carbocycles. The van der Waals surface area contributed by atoms with E-state index in [9.17, 15) is 0 Å². The van der Waals surface area contributed by atoms with Gasteiger partial charge in [0.25, 0.3) is 0 Å². The molecule has 3 heterocycles. The van der Waals surface area contributed by atoms with Gasteiger partial charge in [0.1, 0.15) is 16.9 Å². The molecule has 1 N–H and O–H groups in total. The van der Waals surface area contributed by atoms with Crippen LogP contribution in [0.15, 0.2) is 29.1 Å². The molecular weight excluding hydrogens is 290 g/mol. The average molecular weight is 313 g/mol. The summed E-state index contributed by atoms with van der Waals surface area (Å²) in [5, 5.41) is 9.49. The Morgan fingerprint density at radius 2 is 2.09 bits per heavy atom. The van der Waals surface area contributed by atoms with E-state index in [0.29, 0.717) is 12.0 Å². The molecule has 122 valence electrons. The molecule has 0 atom stereocenters. The van der Waals surface area contributed by atoms with Gasteiger partial charge in [-0.2, -0.15) is 0 Å². The van der Waals surface area contributed by atoms with Gasteiger partial charge in [-0.05, 0) is 45.6 Å². The van der Waals surface area contributed by atoms with E-state index in [1.54, 1.807) is 12.6 Å². The van der Waals surface area contributed by atoms with Crippen LogP contribution in [0.2, 0.25) is 0 Å². The second-order valence-electron chi connectivity index (χ2n) is 6.16. The number of aryl methyl sites for hydroxylation is 1. The standard InChI is InChI=1S/C17H23N5O/c1-12-13(2)22(8-7-20(3)4)17-15(12)16(18)21(11-19-17)10-14-6-5-9-23-14/h5-6,9,11,18H,7-8,10H2,1-4H3. The third-order valence-electron chi connectivity index (χ3n) is 4.32. The largest absolute Gasteiger partial charge is 0.467 e. The van der Waals surface area contributed by atoms with Crippen molar-refractivity contribution in [3.63, 3.8) is 0 Å². The number of rotatable bonds is 5. The van der Waals surface area contributed by atoms with Crippen molar-refractivity contribution in [2.45, 2.75) is 26.9 Å². The van der Waals surface area contributed by atoms with E-state index in [4.69, 9.17) is 9.83 Å². The van der Waals surface area contributed by atoms with E-state index in [1.165, 1.54) is 5.69 Å². The normalized spacial score (nSPS) is 11.7. The Kier molecular flexibility index (Phi) is 4.09. The van der Waals surface area contributed by atoms with Crippen molar-refractivity contribution in [3.05, 3.63) is 47.2 Å². The number of fused-ring (bicyclic) bond motifs is 1. The fourth-order valence-electron chi connectivity index (χ4n) is 2.85. The molecule has 3 aromatic heterocycles. The van der Waals surface area contributed by atoms with E-state index in [1.807, 2.05) is 16.7 Å². The predicted molar refractivity (Wildman–Crippen MR) is 89.4 cm³/mol. The van der Waals surface area contributed by atoms with Gasteiger partial charge in [0, 0.05) is 18.8 Å². The van der Waals surface area contributed by atoms with Gasteiger partial charge in [0.15, 0.2) is 0 Å². The van der Waals surface area contributed by atoms with Gasteiger partial charge >= 0.3 is 0 Å². The average Bonchev–Trinajstić information content (AvgIpc) is 3.09. The number of furan rings is 1. The van der Waals surface area contributed by atoms with E-state index < -0.39 is 0 Å². The van der Waals surface area contributed by atoms with Crippen LogP contribution in [0.1, 0.15) is 17.0 Å². The number of aromatic nitrogens is 3. The highest BCUT2D eigenvalue weighted by molar-refractivity contribution is 5.80. The molecule has 0 radical (unpaired) electrons. The van der Waals surface area contributed by atoms with Crippen LogP contribution in [0, 0.1) is 19.3 Å². The van der Waals surface area contributed by atoms with E-state index in [2.05, 4.69) is 42.4 Å². The van der Waals surface area contributed by atoms with Crippen molar-refractivity contribution in [3.8, 4) is 0 Å². The maximum atomic E-state index is 8.57. The zero-order chi connectivity index (χ0) is 16.6. The second-order valence-corrected chi connectivity index (χ2v) is 6.16. The van der Waals surface area contributed by atoms with Gasteiger partial charge in [0.05, 0.1) is 24.5 Å². The molecule has 3 rings (SSSR count). The summed E-state index contributed by atoms with van der Waals surface area (Å²) >= 11 is 0. The molecule has 0 unspecified atom stereocenters. The summed E-state index contributed by atoms with van der Waals surface area (Å²) in [6.45, 7) is 6.51. The van der Waals surface area contributed by atoms with Crippen LogP contribution in [-0.4, -0.2) is 39.7 Å². The Hall–Kier alpha value is -2.34. The first-order valence-electron chi connectivity index (χ1n) is 7.75. The predicted octanol–water partition coefficient (Wildman–Crippen LogP) is 2.14. The highest BCUT2D eigenvalue weighted by atomic mass is 16.3. The van der Waals surface area contributed by atoms with E-state index in [-0.39, 0.29) is 0 Å². The summed E-state index contributed by atoms with van der Waals surface area (Å²) in [5.74, 6) is 0.825. The van der Waals surface area contributed by atoms with Gasteiger partial charge in [-0.1, -0.05) is 0 Å². The van der Waals surface area contributed by atoms with Crippen molar-refractivity contribution < 1.29 is 4.42 Å². The van der Waals surface area contributed by atoms with Crippen molar-refractivity contribution in [2.24, 2.45) is 0 Å². The van der Waals surface area contributed by atoms with Crippen molar-refractivity contribution in [2.75, 3.05) is 20.6 Å². The molecule has 0 spiro atoms. The van der Waals surface area contributed by atoms with Crippen molar-refractivity contribution in [1.82, 2.24) is 19.0 Å². The Labute approximate surface area is 135 Å². The van der Waals surface area contributed by atoms with E-state index >= 15 is 0 Å². The minimum Gasteiger partial charge on any atom is -0.467 e. The first-order chi connectivity index (χ1) is 11.0. The lowest BCUT2D eigenvalue weighted by Crippen LogP contribution is -2.22. The zero-order valence-electron chi connectivity index (χ0n) is 14.1. The zero-order valence-corrected chi connectivity index (χ0v) is 14.1. The fraction of sp³-hybridized carbons (Fsp3) is 0.412. The summed E-state index contributed by atoms with van der Waals surface area (Å²) in [6.07, 6.45) is 3.39. The third kappa shape index (κ3) is 2.82. The van der Waals surface area contributed by atoms with Crippen molar-refractivity contribution in [1.29, 1.82) is 5.41 Å². The molecule has 0 aliphatic rings. The number of likely N-dealkylation sites (N-methyl/N-ethyl adjacent to an activating group) is 1. The molecule has 0 bridgehead atoms. The Bertz CT molecular complexity index is 871. The lowest BCUT2D eigenvalue weighted by molar-refractivity contribution is 0.384. The lowest BCUT2D eigenvalue weighted by atomic mass is 10.2. The number of nitrogens with one attached hydrogen (secondary N) is 1. The SMILES string of the molecule is Cc1c(C)n(CCN(C)C)c2ncn(Cc3ccco3)c(=N)c12. The molecule has 3 aromatic rings. The highest BCUT2D eigenvalue weighted by Gasteiger charge is 2.15. The summed E-state index contributed by atoms with van der Waals surface area (Å²) in [6, 6.07) is 3.77. The van der Waals surface area contributed by atoms with Gasteiger partial charge in [-0.3, -0.25) is 5.41 Å². The minimum absolute atomic E-state index is 0.482. The fourth-order valence-corrected chi connectivity index (χ4v) is 2.85. The Morgan fingerprint density at radius 3 is 2.74 bits per heavy atom. The van der Waals surface area contributed by atoms with Crippen LogP contribution in [-0.2, 0) is 13.1 Å². The maximum Gasteiger partial charge on any atom is 0.145 e. The summed E-state index contributed by atoms with van der Waals surface area (Å²) < 4.78 is 9.42. The van der Waals surface area contributed by atoms with Crippen LogP contribution in [0.3, 0.4) is 0 Å². The van der Waals surface area contributed by atoms with Gasteiger partial charge in [-0.15, -0.1) is 0 Å². The lowest BCUT2D eigenvalue weighted by Gasteiger charge is -2.13. The monoisotopic (exact) mass is 313 g/mol. The minimum atomic E-state index is 0.482. The molecular formula is C17H23N5O. The number of nitrogens with zero attached hydrogens (tertiary/aromatic N) is 4. The molecule has 0 aliphatic heterocycles. The molecule has 6 heteroatoms. The number of hydrogen-bond donors (Lipinski definition) is 1. The molecule has 0 amide bonds. The quantitative estimate of drug-likeness (QED) is 0.785. The molecule has 6 nitrogen and oxygen atoms in total. The molecule has 0 saturated carbocycles. The molecule has 0 fully saturated rings. The van der Waals surface area contributed by atoms with Crippen LogP contribution in [0.25, 0.3) is 11.0 Å². The van der Waals surface area contributed by atoms with Crippen LogP contribution < -0.4 is 5.49 Å². The Morgan fingerprint density at radius 1 is 1.30 bits per heavy atom. The second kappa shape index (κ2) is 6.04. The molecule has 0 aromatic carbocycles. The van der Waals surface area contributed by atoms with Crippen molar-refractivity contribution >= 4 is 11.0 Å². The smallest absolute Gasteiger partial charge is 0.145 e. The summed E-state index contributed by atoms with van der Waals surface area (Å²) in [5.41, 5.74) is 3.68.